The fraction of sp³-hybridized carbons (Fsp3) is 0.0455. The van der Waals surface area contributed by atoms with Gasteiger partial charge in [-0.15, -0.1) is 0 Å². The van der Waals surface area contributed by atoms with Gasteiger partial charge in [-0.2, -0.15) is 0 Å². The van der Waals surface area contributed by atoms with E-state index in [2.05, 4.69) is 20.0 Å². The van der Waals surface area contributed by atoms with E-state index < -0.39 is 16.0 Å². The van der Waals surface area contributed by atoms with Gasteiger partial charge < -0.3 is 10.4 Å². The van der Waals surface area contributed by atoms with E-state index in [4.69, 9.17) is 11.6 Å². The van der Waals surface area contributed by atoms with Crippen LogP contribution in [-0.4, -0.2) is 29.5 Å². The average molecular weight is 469 g/mol. The number of carboxylic acids is 1. The average Bonchev–Trinajstić information content (AvgIpc) is 2.75. The number of anilines is 3. The summed E-state index contributed by atoms with van der Waals surface area (Å²) in [6.45, 7) is 1.86. The van der Waals surface area contributed by atoms with Crippen molar-refractivity contribution in [2.45, 2.75) is 11.8 Å². The van der Waals surface area contributed by atoms with E-state index in [0.717, 1.165) is 5.56 Å². The first-order valence-corrected chi connectivity index (χ1v) is 11.3. The summed E-state index contributed by atoms with van der Waals surface area (Å²) in [5.41, 5.74) is 2.19. The number of aryl methyl sites for hydroxylation is 1. The minimum absolute atomic E-state index is 0.0314. The molecule has 0 unspecified atom stereocenters. The van der Waals surface area contributed by atoms with E-state index in [0.29, 0.717) is 16.7 Å². The fourth-order valence-corrected chi connectivity index (χ4v) is 4.17. The van der Waals surface area contributed by atoms with Crippen LogP contribution in [0, 0.1) is 6.92 Å². The number of para-hydroxylation sites is 2. The molecule has 0 spiro atoms. The van der Waals surface area contributed by atoms with Gasteiger partial charge in [0.05, 0.1) is 26.5 Å². The Labute approximate surface area is 189 Å². The number of fused-ring (bicyclic) bond motifs is 1. The Morgan fingerprint density at radius 2 is 1.56 bits per heavy atom. The van der Waals surface area contributed by atoms with Crippen LogP contribution >= 0.6 is 11.6 Å². The Hall–Kier alpha value is -3.69. The van der Waals surface area contributed by atoms with Crippen LogP contribution in [0.25, 0.3) is 11.0 Å². The summed E-state index contributed by atoms with van der Waals surface area (Å²) in [5.74, 6) is -1.11. The minimum atomic E-state index is -3.95. The molecule has 10 heteroatoms. The number of hydrogen-bond acceptors (Lipinski definition) is 6. The Bertz CT molecular complexity index is 1440. The van der Waals surface area contributed by atoms with Crippen molar-refractivity contribution in [2.24, 2.45) is 0 Å². The number of aromatic nitrogens is 2. The van der Waals surface area contributed by atoms with Gasteiger partial charge in [0, 0.05) is 5.69 Å². The SMILES string of the molecule is Cc1ccc(S(=O)(=O)Nc2nc3ccccc3nc2Nc2ccc(Cl)c(C(=O)O)c2)cc1. The lowest BCUT2D eigenvalue weighted by Crippen LogP contribution is -2.16. The largest absolute Gasteiger partial charge is 0.478 e. The third-order valence-corrected chi connectivity index (χ3v) is 6.28. The number of sulfonamides is 1. The van der Waals surface area contributed by atoms with Crippen LogP contribution in [-0.2, 0) is 10.0 Å². The van der Waals surface area contributed by atoms with E-state index in [9.17, 15) is 18.3 Å². The Balaban J connectivity index is 1.78. The van der Waals surface area contributed by atoms with Crippen LogP contribution in [0.4, 0.5) is 17.3 Å². The highest BCUT2D eigenvalue weighted by Crippen LogP contribution is 2.29. The Morgan fingerprint density at radius 1 is 0.938 bits per heavy atom. The molecule has 0 aliphatic heterocycles. The van der Waals surface area contributed by atoms with E-state index in [1.54, 1.807) is 42.5 Å². The van der Waals surface area contributed by atoms with Crippen molar-refractivity contribution in [2.75, 3.05) is 10.0 Å². The van der Waals surface area contributed by atoms with Gasteiger partial charge in [0.1, 0.15) is 0 Å². The molecule has 0 bridgehead atoms. The molecule has 8 nitrogen and oxygen atoms in total. The number of aromatic carboxylic acids is 1. The molecule has 0 amide bonds. The monoisotopic (exact) mass is 468 g/mol. The first-order chi connectivity index (χ1) is 15.2. The van der Waals surface area contributed by atoms with Gasteiger partial charge in [0.15, 0.2) is 11.6 Å². The fourth-order valence-electron chi connectivity index (χ4n) is 2.97. The standard InChI is InChI=1S/C22H17ClN4O4S/c1-13-6-9-15(10-7-13)32(30,31)27-21-20(25-18-4-2-3-5-19(18)26-21)24-14-8-11-17(23)16(12-14)22(28)29/h2-12H,1H3,(H,24,25)(H,26,27)(H,28,29). The highest BCUT2D eigenvalue weighted by molar-refractivity contribution is 7.92. The molecule has 162 valence electrons. The number of benzene rings is 3. The maximum Gasteiger partial charge on any atom is 0.337 e. The van der Waals surface area contributed by atoms with Gasteiger partial charge in [0.2, 0.25) is 0 Å². The van der Waals surface area contributed by atoms with Gasteiger partial charge in [-0.25, -0.2) is 23.2 Å². The predicted octanol–water partition coefficient (Wildman–Crippen LogP) is 4.83. The zero-order chi connectivity index (χ0) is 22.9. The second-order valence-electron chi connectivity index (χ2n) is 6.95. The highest BCUT2D eigenvalue weighted by atomic mass is 35.5. The molecule has 0 atom stereocenters. The van der Waals surface area contributed by atoms with Crippen molar-refractivity contribution in [3.05, 3.63) is 82.9 Å². The third kappa shape index (κ3) is 4.48. The summed E-state index contributed by atoms with van der Waals surface area (Å²) >= 11 is 5.94. The lowest BCUT2D eigenvalue weighted by atomic mass is 10.2. The molecular formula is C22H17ClN4O4S. The van der Waals surface area contributed by atoms with Crippen molar-refractivity contribution in [1.29, 1.82) is 0 Å². The van der Waals surface area contributed by atoms with Crippen molar-refractivity contribution < 1.29 is 18.3 Å². The van der Waals surface area contributed by atoms with Crippen molar-refractivity contribution in [3.8, 4) is 0 Å². The highest BCUT2D eigenvalue weighted by Gasteiger charge is 2.19. The van der Waals surface area contributed by atoms with Crippen LogP contribution < -0.4 is 10.0 Å². The van der Waals surface area contributed by atoms with Crippen molar-refractivity contribution >= 4 is 56.0 Å². The molecule has 0 saturated carbocycles. The zero-order valence-electron chi connectivity index (χ0n) is 16.7. The number of nitrogens with zero attached hydrogens (tertiary/aromatic N) is 2. The summed E-state index contributed by atoms with van der Waals surface area (Å²) in [6, 6.07) is 17.7. The van der Waals surface area contributed by atoms with Crippen LogP contribution in [0.15, 0.2) is 71.6 Å². The number of halogens is 1. The molecule has 3 aromatic carbocycles. The van der Waals surface area contributed by atoms with Gasteiger partial charge in [-0.05, 0) is 49.4 Å². The van der Waals surface area contributed by atoms with Crippen LogP contribution in [0.2, 0.25) is 5.02 Å². The van der Waals surface area contributed by atoms with E-state index in [1.807, 2.05) is 6.92 Å². The number of carboxylic acid groups (broad SMARTS) is 1. The molecule has 0 fully saturated rings. The summed E-state index contributed by atoms with van der Waals surface area (Å²) in [4.78, 5) is 20.4. The van der Waals surface area contributed by atoms with E-state index >= 15 is 0 Å². The molecule has 3 N–H and O–H groups in total. The normalized spacial score (nSPS) is 11.3. The van der Waals surface area contributed by atoms with Crippen molar-refractivity contribution in [1.82, 2.24) is 9.97 Å². The van der Waals surface area contributed by atoms with Gasteiger partial charge in [-0.1, -0.05) is 41.4 Å². The lowest BCUT2D eigenvalue weighted by Gasteiger charge is -2.14. The van der Waals surface area contributed by atoms with Gasteiger partial charge in [-0.3, -0.25) is 4.72 Å². The topological polar surface area (TPSA) is 121 Å². The molecule has 0 saturated heterocycles. The van der Waals surface area contributed by atoms with Crippen LogP contribution in [0.5, 0.6) is 0 Å². The molecule has 1 aromatic heterocycles. The number of carbonyl (C=O) groups is 1. The molecule has 1 heterocycles. The zero-order valence-corrected chi connectivity index (χ0v) is 18.3. The molecule has 4 rings (SSSR count). The Morgan fingerprint density at radius 3 is 2.19 bits per heavy atom. The number of rotatable bonds is 6. The quantitative estimate of drug-likeness (QED) is 0.370. The Kier molecular flexibility index (Phi) is 5.68. The molecule has 0 radical (unpaired) electrons. The number of hydrogen-bond donors (Lipinski definition) is 3. The first kappa shape index (κ1) is 21.5. The molecule has 32 heavy (non-hydrogen) atoms. The summed E-state index contributed by atoms with van der Waals surface area (Å²) in [5, 5.41) is 12.3. The van der Waals surface area contributed by atoms with E-state index in [-0.39, 0.29) is 27.1 Å². The molecular weight excluding hydrogens is 452 g/mol. The maximum absolute atomic E-state index is 12.9. The smallest absolute Gasteiger partial charge is 0.337 e. The number of nitrogens with one attached hydrogen (secondary N) is 2. The lowest BCUT2D eigenvalue weighted by molar-refractivity contribution is 0.0697. The maximum atomic E-state index is 12.9. The van der Waals surface area contributed by atoms with Gasteiger partial charge >= 0.3 is 5.97 Å². The molecule has 4 aromatic rings. The second-order valence-corrected chi connectivity index (χ2v) is 9.04. The predicted molar refractivity (Wildman–Crippen MR) is 123 cm³/mol. The second kappa shape index (κ2) is 8.45. The summed E-state index contributed by atoms with van der Waals surface area (Å²) < 4.78 is 28.4. The third-order valence-electron chi connectivity index (χ3n) is 4.59. The van der Waals surface area contributed by atoms with Crippen LogP contribution in [0.1, 0.15) is 15.9 Å². The first-order valence-electron chi connectivity index (χ1n) is 9.39. The summed E-state index contributed by atoms with van der Waals surface area (Å²) in [7, 11) is -3.95. The minimum Gasteiger partial charge on any atom is -0.478 e. The molecule has 0 aliphatic rings. The van der Waals surface area contributed by atoms with Gasteiger partial charge in [0.25, 0.3) is 10.0 Å². The summed E-state index contributed by atoms with van der Waals surface area (Å²) in [6.07, 6.45) is 0. The van der Waals surface area contributed by atoms with Crippen molar-refractivity contribution in [3.63, 3.8) is 0 Å². The van der Waals surface area contributed by atoms with Crippen LogP contribution in [0.3, 0.4) is 0 Å². The molecule has 0 aliphatic carbocycles. The van der Waals surface area contributed by atoms with E-state index in [1.165, 1.54) is 24.3 Å².